The second-order valence-corrected chi connectivity index (χ2v) is 8.72. The number of amides is 1. The van der Waals surface area contributed by atoms with Gasteiger partial charge < -0.3 is 4.98 Å². The number of nitrogens with zero attached hydrogens (tertiary/aromatic N) is 2. The van der Waals surface area contributed by atoms with Crippen molar-refractivity contribution in [3.63, 3.8) is 0 Å². The number of nitrogens with one attached hydrogen (secondary N) is 2. The number of rotatable bonds is 7. The van der Waals surface area contributed by atoms with Crippen LogP contribution in [-0.4, -0.2) is 36.6 Å². The molecular weight excluding hydrogens is 383 g/mol. The molecule has 1 aromatic carbocycles. The molecule has 0 aliphatic heterocycles. The molecule has 1 aliphatic carbocycles. The van der Waals surface area contributed by atoms with Gasteiger partial charge in [-0.05, 0) is 55.7 Å². The SMILES string of the molecule is CCS(=O)(=O)Nc1ccc(-c2cc(N(C=O)C3CC3)nc3[nH]ccc23)c(F)c1. The molecule has 28 heavy (non-hydrogen) atoms. The summed E-state index contributed by atoms with van der Waals surface area (Å²) in [6.45, 7) is 1.51. The predicted octanol–water partition coefficient (Wildman–Crippen LogP) is 3.26. The molecule has 2 aromatic heterocycles. The Balaban J connectivity index is 1.80. The summed E-state index contributed by atoms with van der Waals surface area (Å²) in [4.78, 5) is 20.6. The number of sulfonamides is 1. The Bertz CT molecular complexity index is 1160. The summed E-state index contributed by atoms with van der Waals surface area (Å²) in [6.07, 6.45) is 4.28. The van der Waals surface area contributed by atoms with Crippen LogP contribution in [0, 0.1) is 5.82 Å². The maximum atomic E-state index is 14.9. The van der Waals surface area contributed by atoms with Gasteiger partial charge in [-0.25, -0.2) is 17.8 Å². The number of H-pyrrole nitrogens is 1. The minimum Gasteiger partial charge on any atom is -0.346 e. The minimum atomic E-state index is -3.49. The smallest absolute Gasteiger partial charge is 0.232 e. The standard InChI is InChI=1S/C19H19FN4O3S/c1-2-28(26,27)23-12-3-6-14(17(20)9-12)16-10-18(24(11-25)13-4-5-13)22-19-15(16)7-8-21-19/h3,6-11,13,23H,2,4-5H2,1H3,(H,21,22). The summed E-state index contributed by atoms with van der Waals surface area (Å²) >= 11 is 0. The monoisotopic (exact) mass is 402 g/mol. The molecule has 0 radical (unpaired) electrons. The van der Waals surface area contributed by atoms with Crippen molar-refractivity contribution >= 4 is 39.0 Å². The summed E-state index contributed by atoms with van der Waals surface area (Å²) in [5, 5.41) is 0.714. The molecule has 1 fully saturated rings. The topological polar surface area (TPSA) is 95.2 Å². The number of hydrogen-bond acceptors (Lipinski definition) is 4. The lowest BCUT2D eigenvalue weighted by atomic mass is 10.0. The fourth-order valence-electron chi connectivity index (χ4n) is 3.11. The Morgan fingerprint density at radius 1 is 1.29 bits per heavy atom. The quantitative estimate of drug-likeness (QED) is 0.593. The molecule has 1 aliphatic rings. The zero-order valence-electron chi connectivity index (χ0n) is 15.1. The molecule has 146 valence electrons. The number of aromatic nitrogens is 2. The van der Waals surface area contributed by atoms with Crippen LogP contribution < -0.4 is 9.62 Å². The van der Waals surface area contributed by atoms with Crippen LogP contribution in [0.4, 0.5) is 15.9 Å². The van der Waals surface area contributed by atoms with Gasteiger partial charge in [-0.2, -0.15) is 0 Å². The summed E-state index contributed by atoms with van der Waals surface area (Å²) in [5.41, 5.74) is 1.59. The number of benzene rings is 1. The van der Waals surface area contributed by atoms with Crippen LogP contribution in [-0.2, 0) is 14.8 Å². The van der Waals surface area contributed by atoms with Crippen molar-refractivity contribution in [3.8, 4) is 11.1 Å². The molecule has 2 heterocycles. The first-order chi connectivity index (χ1) is 13.4. The second-order valence-electron chi connectivity index (χ2n) is 6.71. The number of hydrogen-bond donors (Lipinski definition) is 2. The maximum absolute atomic E-state index is 14.9. The number of aromatic amines is 1. The molecule has 7 nitrogen and oxygen atoms in total. The van der Waals surface area contributed by atoms with Gasteiger partial charge in [-0.3, -0.25) is 14.4 Å². The summed E-state index contributed by atoms with van der Waals surface area (Å²) < 4.78 is 40.7. The van der Waals surface area contributed by atoms with Crippen LogP contribution in [0.25, 0.3) is 22.2 Å². The van der Waals surface area contributed by atoms with Crippen LogP contribution >= 0.6 is 0 Å². The number of fused-ring (bicyclic) bond motifs is 1. The average molecular weight is 402 g/mol. The predicted molar refractivity (Wildman–Crippen MR) is 106 cm³/mol. The number of carbonyl (C=O) groups is 1. The number of halogens is 1. The van der Waals surface area contributed by atoms with Crippen molar-refractivity contribution in [2.75, 3.05) is 15.4 Å². The van der Waals surface area contributed by atoms with Crippen molar-refractivity contribution in [2.45, 2.75) is 25.8 Å². The third-order valence-corrected chi connectivity index (χ3v) is 6.05. The summed E-state index contributed by atoms with van der Waals surface area (Å²) in [7, 11) is -3.49. The summed E-state index contributed by atoms with van der Waals surface area (Å²) in [6, 6.07) is 7.80. The maximum Gasteiger partial charge on any atom is 0.232 e. The van der Waals surface area contributed by atoms with Crippen molar-refractivity contribution in [3.05, 3.63) is 42.3 Å². The first-order valence-electron chi connectivity index (χ1n) is 8.94. The molecule has 0 saturated heterocycles. The van der Waals surface area contributed by atoms with E-state index in [0.717, 1.165) is 25.3 Å². The van der Waals surface area contributed by atoms with E-state index in [-0.39, 0.29) is 17.5 Å². The molecule has 0 unspecified atom stereocenters. The lowest BCUT2D eigenvalue weighted by Gasteiger charge is -2.17. The lowest BCUT2D eigenvalue weighted by Crippen LogP contribution is -2.24. The van der Waals surface area contributed by atoms with Gasteiger partial charge in [0.25, 0.3) is 0 Å². The van der Waals surface area contributed by atoms with Gasteiger partial charge >= 0.3 is 0 Å². The van der Waals surface area contributed by atoms with Gasteiger partial charge in [0.15, 0.2) is 0 Å². The van der Waals surface area contributed by atoms with Gasteiger partial charge in [0.1, 0.15) is 17.3 Å². The lowest BCUT2D eigenvalue weighted by molar-refractivity contribution is -0.107. The molecule has 3 aromatic rings. The highest BCUT2D eigenvalue weighted by Gasteiger charge is 2.30. The fraction of sp³-hybridized carbons (Fsp3) is 0.263. The first kappa shape index (κ1) is 18.4. The number of pyridine rings is 1. The van der Waals surface area contributed by atoms with E-state index in [1.54, 1.807) is 23.2 Å². The molecular formula is C19H19FN4O3S. The number of anilines is 2. The van der Waals surface area contributed by atoms with E-state index in [0.29, 0.717) is 28.0 Å². The molecule has 1 saturated carbocycles. The van der Waals surface area contributed by atoms with Gasteiger partial charge in [-0.1, -0.05) is 0 Å². The summed E-state index contributed by atoms with van der Waals surface area (Å²) in [5.74, 6) is -0.214. The van der Waals surface area contributed by atoms with Crippen LogP contribution in [0.3, 0.4) is 0 Å². The molecule has 0 spiro atoms. The molecule has 9 heteroatoms. The van der Waals surface area contributed by atoms with Crippen molar-refractivity contribution in [1.29, 1.82) is 0 Å². The Morgan fingerprint density at radius 2 is 2.07 bits per heavy atom. The van der Waals surface area contributed by atoms with Gasteiger partial charge in [0.2, 0.25) is 16.4 Å². The molecule has 2 N–H and O–H groups in total. The molecule has 0 bridgehead atoms. The van der Waals surface area contributed by atoms with E-state index < -0.39 is 15.8 Å². The zero-order chi connectivity index (χ0) is 19.9. The van der Waals surface area contributed by atoms with Gasteiger partial charge in [-0.15, -0.1) is 0 Å². The van der Waals surface area contributed by atoms with E-state index in [4.69, 9.17) is 0 Å². The van der Waals surface area contributed by atoms with Crippen molar-refractivity contribution < 1.29 is 17.6 Å². The van der Waals surface area contributed by atoms with Crippen LogP contribution in [0.2, 0.25) is 0 Å². The van der Waals surface area contributed by atoms with Crippen molar-refractivity contribution in [2.24, 2.45) is 0 Å². The van der Waals surface area contributed by atoms with E-state index in [2.05, 4.69) is 14.7 Å². The van der Waals surface area contributed by atoms with Crippen molar-refractivity contribution in [1.82, 2.24) is 9.97 Å². The van der Waals surface area contributed by atoms with Crippen LogP contribution in [0.1, 0.15) is 19.8 Å². The van der Waals surface area contributed by atoms with Gasteiger partial charge in [0.05, 0.1) is 11.4 Å². The normalized spacial score (nSPS) is 14.2. The van der Waals surface area contributed by atoms with E-state index in [9.17, 15) is 17.6 Å². The highest BCUT2D eigenvalue weighted by Crippen LogP contribution is 2.36. The highest BCUT2D eigenvalue weighted by molar-refractivity contribution is 7.92. The van der Waals surface area contributed by atoms with E-state index >= 15 is 0 Å². The third-order valence-electron chi connectivity index (χ3n) is 4.75. The third kappa shape index (κ3) is 3.45. The Morgan fingerprint density at radius 3 is 2.71 bits per heavy atom. The average Bonchev–Trinajstić information content (AvgIpc) is 3.37. The fourth-order valence-corrected chi connectivity index (χ4v) is 3.74. The Labute approximate surface area is 161 Å². The van der Waals surface area contributed by atoms with Crippen LogP contribution in [0.5, 0.6) is 0 Å². The Hall–Kier alpha value is -2.94. The van der Waals surface area contributed by atoms with E-state index in [1.165, 1.54) is 19.1 Å². The minimum absolute atomic E-state index is 0.100. The zero-order valence-corrected chi connectivity index (χ0v) is 16.0. The van der Waals surface area contributed by atoms with Crippen LogP contribution in [0.15, 0.2) is 36.5 Å². The van der Waals surface area contributed by atoms with E-state index in [1.807, 2.05) is 0 Å². The number of carbonyl (C=O) groups excluding carboxylic acids is 1. The first-order valence-corrected chi connectivity index (χ1v) is 10.6. The molecule has 4 rings (SSSR count). The second kappa shape index (κ2) is 6.90. The molecule has 0 atom stereocenters. The van der Waals surface area contributed by atoms with Gasteiger partial charge in [0, 0.05) is 23.2 Å². The Kier molecular flexibility index (Phi) is 4.54. The highest BCUT2D eigenvalue weighted by atomic mass is 32.2. The largest absolute Gasteiger partial charge is 0.346 e. The molecule has 1 amide bonds.